The molecule has 10 nitrogen and oxygen atoms in total. The summed E-state index contributed by atoms with van der Waals surface area (Å²) < 4.78 is 6.88. The van der Waals surface area contributed by atoms with Gasteiger partial charge in [-0.3, -0.25) is 19.8 Å². The van der Waals surface area contributed by atoms with E-state index >= 15 is 0 Å². The Labute approximate surface area is 180 Å². The lowest BCUT2D eigenvalue weighted by Crippen LogP contribution is -2.41. The topological polar surface area (TPSA) is 107 Å². The van der Waals surface area contributed by atoms with E-state index in [1.807, 2.05) is 4.90 Å². The highest BCUT2D eigenvalue weighted by molar-refractivity contribution is 5.93. The fourth-order valence-electron chi connectivity index (χ4n) is 4.27. The standard InChI is InChI=1S/C21H28N6O4/c1-16-20(22-23-26(16)18-3-2-4-19(15-18)27(29)30)21(28)25-9-6-17(7-10-25)5-8-24-11-13-31-14-12-24/h2-4,15,17H,5-14H2,1H3. The molecule has 31 heavy (non-hydrogen) atoms. The summed E-state index contributed by atoms with van der Waals surface area (Å²) in [5, 5.41) is 19.2. The molecule has 2 fully saturated rings. The van der Waals surface area contributed by atoms with Crippen molar-refractivity contribution >= 4 is 11.6 Å². The van der Waals surface area contributed by atoms with Crippen LogP contribution in [-0.4, -0.2) is 81.6 Å². The van der Waals surface area contributed by atoms with Crippen LogP contribution < -0.4 is 0 Å². The first-order chi connectivity index (χ1) is 15.0. The van der Waals surface area contributed by atoms with Crippen LogP contribution in [0.1, 0.15) is 35.4 Å². The van der Waals surface area contributed by atoms with E-state index in [1.165, 1.54) is 16.8 Å². The molecule has 2 aliphatic rings. The minimum absolute atomic E-state index is 0.0283. The molecule has 3 heterocycles. The molecular weight excluding hydrogens is 400 g/mol. The van der Waals surface area contributed by atoms with Gasteiger partial charge in [-0.1, -0.05) is 11.3 Å². The van der Waals surface area contributed by atoms with Crippen LogP contribution in [0.3, 0.4) is 0 Å². The summed E-state index contributed by atoms with van der Waals surface area (Å²) in [7, 11) is 0. The minimum atomic E-state index is -0.453. The molecule has 0 spiro atoms. The van der Waals surface area contributed by atoms with Crippen molar-refractivity contribution in [3.05, 3.63) is 45.8 Å². The SMILES string of the molecule is Cc1c(C(=O)N2CCC(CCN3CCOCC3)CC2)nnn1-c1cccc([N+](=O)[O-])c1. The molecule has 0 saturated carbocycles. The van der Waals surface area contributed by atoms with E-state index < -0.39 is 4.92 Å². The number of aromatic nitrogens is 3. The number of likely N-dealkylation sites (tertiary alicyclic amines) is 1. The zero-order valence-corrected chi connectivity index (χ0v) is 17.8. The van der Waals surface area contributed by atoms with Crippen molar-refractivity contribution in [3.63, 3.8) is 0 Å². The number of rotatable bonds is 6. The van der Waals surface area contributed by atoms with Crippen molar-refractivity contribution in [2.24, 2.45) is 5.92 Å². The van der Waals surface area contributed by atoms with Gasteiger partial charge in [0, 0.05) is 38.3 Å². The predicted molar refractivity (Wildman–Crippen MR) is 113 cm³/mol. The summed E-state index contributed by atoms with van der Waals surface area (Å²) in [4.78, 5) is 27.9. The first kappa shape index (κ1) is 21.4. The van der Waals surface area contributed by atoms with Crippen LogP contribution in [0.25, 0.3) is 5.69 Å². The monoisotopic (exact) mass is 428 g/mol. The molecule has 10 heteroatoms. The molecule has 2 saturated heterocycles. The third-order valence-electron chi connectivity index (χ3n) is 6.24. The smallest absolute Gasteiger partial charge is 0.276 e. The molecular formula is C21H28N6O4. The van der Waals surface area contributed by atoms with Crippen LogP contribution in [0, 0.1) is 23.0 Å². The fourth-order valence-corrected chi connectivity index (χ4v) is 4.27. The number of nitro benzene ring substituents is 1. The van der Waals surface area contributed by atoms with E-state index in [1.54, 1.807) is 19.1 Å². The molecule has 4 rings (SSSR count). The number of carbonyl (C=O) groups excluding carboxylic acids is 1. The van der Waals surface area contributed by atoms with E-state index in [2.05, 4.69) is 15.2 Å². The van der Waals surface area contributed by atoms with Crippen LogP contribution in [0.2, 0.25) is 0 Å². The molecule has 0 bridgehead atoms. The molecule has 0 atom stereocenters. The van der Waals surface area contributed by atoms with Gasteiger partial charge in [-0.15, -0.1) is 5.10 Å². The average molecular weight is 428 g/mol. The maximum Gasteiger partial charge on any atom is 0.276 e. The van der Waals surface area contributed by atoms with Gasteiger partial charge in [0.25, 0.3) is 11.6 Å². The highest BCUT2D eigenvalue weighted by Crippen LogP contribution is 2.24. The molecule has 2 aromatic rings. The van der Waals surface area contributed by atoms with Crippen molar-refractivity contribution in [2.75, 3.05) is 45.9 Å². The molecule has 1 aromatic heterocycles. The van der Waals surface area contributed by atoms with Crippen LogP contribution in [0.5, 0.6) is 0 Å². The van der Waals surface area contributed by atoms with Crippen molar-refractivity contribution in [3.8, 4) is 5.69 Å². The Kier molecular flexibility index (Phi) is 6.57. The number of hydrogen-bond donors (Lipinski definition) is 0. The van der Waals surface area contributed by atoms with Gasteiger partial charge in [-0.25, -0.2) is 4.68 Å². The lowest BCUT2D eigenvalue weighted by Gasteiger charge is -2.33. The van der Waals surface area contributed by atoms with Crippen LogP contribution in [0.15, 0.2) is 24.3 Å². The second-order valence-corrected chi connectivity index (χ2v) is 8.19. The number of nitro groups is 1. The highest BCUT2D eigenvalue weighted by atomic mass is 16.6. The van der Waals surface area contributed by atoms with Crippen molar-refractivity contribution < 1.29 is 14.5 Å². The Balaban J connectivity index is 1.35. The molecule has 0 aliphatic carbocycles. The zero-order valence-electron chi connectivity index (χ0n) is 17.8. The molecule has 0 radical (unpaired) electrons. The third-order valence-corrected chi connectivity index (χ3v) is 6.24. The van der Waals surface area contributed by atoms with Gasteiger partial charge >= 0.3 is 0 Å². The van der Waals surface area contributed by atoms with Gasteiger partial charge in [0.15, 0.2) is 5.69 Å². The number of ether oxygens (including phenoxy) is 1. The summed E-state index contributed by atoms with van der Waals surface area (Å²) >= 11 is 0. The van der Waals surface area contributed by atoms with E-state index in [9.17, 15) is 14.9 Å². The fraction of sp³-hybridized carbons (Fsp3) is 0.571. The number of morpholine rings is 1. The van der Waals surface area contributed by atoms with E-state index in [0.717, 1.165) is 65.2 Å². The average Bonchev–Trinajstić information content (AvgIpc) is 3.19. The van der Waals surface area contributed by atoms with E-state index in [-0.39, 0.29) is 11.6 Å². The molecule has 0 unspecified atom stereocenters. The number of hydrogen-bond acceptors (Lipinski definition) is 7. The number of non-ortho nitro benzene ring substituents is 1. The normalized spacial score (nSPS) is 18.3. The Morgan fingerprint density at radius 1 is 1.23 bits per heavy atom. The quantitative estimate of drug-likeness (QED) is 0.512. The van der Waals surface area contributed by atoms with E-state index in [4.69, 9.17) is 4.74 Å². The van der Waals surface area contributed by atoms with Gasteiger partial charge in [-0.05, 0) is 44.7 Å². The van der Waals surface area contributed by atoms with Crippen LogP contribution >= 0.6 is 0 Å². The summed E-state index contributed by atoms with van der Waals surface area (Å²) in [6, 6.07) is 6.15. The zero-order chi connectivity index (χ0) is 21.8. The summed E-state index contributed by atoms with van der Waals surface area (Å²) in [6.45, 7) is 7.96. The Morgan fingerprint density at radius 3 is 2.68 bits per heavy atom. The Hall–Kier alpha value is -2.85. The third kappa shape index (κ3) is 4.91. The van der Waals surface area contributed by atoms with Crippen molar-refractivity contribution in [1.29, 1.82) is 0 Å². The van der Waals surface area contributed by atoms with Gasteiger partial charge in [0.1, 0.15) is 0 Å². The number of piperidine rings is 1. The maximum atomic E-state index is 13.0. The van der Waals surface area contributed by atoms with Crippen LogP contribution in [-0.2, 0) is 4.74 Å². The first-order valence-corrected chi connectivity index (χ1v) is 10.8. The number of benzene rings is 1. The lowest BCUT2D eigenvalue weighted by molar-refractivity contribution is -0.384. The molecule has 0 N–H and O–H groups in total. The second-order valence-electron chi connectivity index (χ2n) is 8.19. The summed E-state index contributed by atoms with van der Waals surface area (Å²) in [5.74, 6) is 0.509. The summed E-state index contributed by atoms with van der Waals surface area (Å²) in [5.41, 5.74) is 1.37. The summed E-state index contributed by atoms with van der Waals surface area (Å²) in [6.07, 6.45) is 3.15. The number of nitrogens with zero attached hydrogens (tertiary/aromatic N) is 6. The van der Waals surface area contributed by atoms with Gasteiger partial charge in [-0.2, -0.15) is 0 Å². The van der Waals surface area contributed by atoms with Crippen molar-refractivity contribution in [2.45, 2.75) is 26.2 Å². The minimum Gasteiger partial charge on any atom is -0.379 e. The highest BCUT2D eigenvalue weighted by Gasteiger charge is 2.28. The lowest BCUT2D eigenvalue weighted by atomic mass is 9.93. The van der Waals surface area contributed by atoms with E-state index in [0.29, 0.717) is 23.0 Å². The first-order valence-electron chi connectivity index (χ1n) is 10.8. The maximum absolute atomic E-state index is 13.0. The number of amides is 1. The Bertz CT molecular complexity index is 932. The molecule has 1 amide bonds. The van der Waals surface area contributed by atoms with Gasteiger partial charge < -0.3 is 9.64 Å². The van der Waals surface area contributed by atoms with Gasteiger partial charge in [0.2, 0.25) is 0 Å². The second kappa shape index (κ2) is 9.52. The molecule has 166 valence electrons. The van der Waals surface area contributed by atoms with Gasteiger partial charge in [0.05, 0.1) is 29.5 Å². The largest absolute Gasteiger partial charge is 0.379 e. The van der Waals surface area contributed by atoms with Crippen LogP contribution in [0.4, 0.5) is 5.69 Å². The van der Waals surface area contributed by atoms with Crippen molar-refractivity contribution in [1.82, 2.24) is 24.8 Å². The molecule has 1 aromatic carbocycles. The number of carbonyl (C=O) groups is 1. The Morgan fingerprint density at radius 2 is 1.97 bits per heavy atom. The molecule has 2 aliphatic heterocycles. The predicted octanol–water partition coefficient (Wildman–Crippen LogP) is 2.06.